The van der Waals surface area contributed by atoms with Crippen LogP contribution in [0.25, 0.3) is 11.3 Å². The molecule has 2 heterocycles. The number of carbonyl (C=O) groups is 1. The number of Topliss-reactive ketones (excluding diaryl/α,β-unsaturated/α-hetero) is 1. The second-order valence-corrected chi connectivity index (χ2v) is 8.33. The molecule has 5 rings (SSSR count). The number of hydrogen-bond donors (Lipinski definition) is 1. The van der Waals surface area contributed by atoms with E-state index in [1.165, 1.54) is 12.1 Å². The number of aromatic nitrogens is 1. The summed E-state index contributed by atoms with van der Waals surface area (Å²) in [5, 5.41) is 9.25. The highest BCUT2D eigenvalue weighted by Gasteiger charge is 2.52. The first-order valence-corrected chi connectivity index (χ1v) is 10.4. The standard InChI is InChI=1S/C25H21F2NO4.H2/c1-15-2-8-19(28-23(15)17-5-3-16(14-29)4-6-17)13-22(30)24(10-11-24)18-7-9-20-21(12-18)32-25(26,27)31-20;/h2-9,12,29H,10-11,13-14H2,1H3;1H. The molecule has 0 amide bonds. The number of ether oxygens (including phenoxy) is 2. The summed E-state index contributed by atoms with van der Waals surface area (Å²) in [5.41, 5.74) is 4.11. The fourth-order valence-corrected chi connectivity index (χ4v) is 4.16. The minimum atomic E-state index is -3.68. The number of benzene rings is 2. The number of carbonyl (C=O) groups excluding carboxylic acids is 1. The minimum absolute atomic E-state index is 0. The lowest BCUT2D eigenvalue weighted by atomic mass is 9.88. The Labute approximate surface area is 185 Å². The maximum atomic E-state index is 13.3. The Morgan fingerprint density at radius 2 is 1.78 bits per heavy atom. The number of aliphatic hydroxyl groups excluding tert-OH is 1. The van der Waals surface area contributed by atoms with Gasteiger partial charge in [0.05, 0.1) is 17.7 Å². The molecule has 1 aromatic heterocycles. The molecule has 7 heteroatoms. The average Bonchev–Trinajstić information content (AvgIpc) is 3.52. The van der Waals surface area contributed by atoms with Crippen molar-refractivity contribution in [1.82, 2.24) is 4.98 Å². The molecule has 0 unspecified atom stereocenters. The van der Waals surface area contributed by atoms with Crippen molar-refractivity contribution in [3.8, 4) is 22.8 Å². The van der Waals surface area contributed by atoms with Gasteiger partial charge in [-0.1, -0.05) is 36.4 Å². The van der Waals surface area contributed by atoms with Gasteiger partial charge in [0.15, 0.2) is 11.5 Å². The summed E-state index contributed by atoms with van der Waals surface area (Å²) in [5.74, 6) is -0.0752. The van der Waals surface area contributed by atoms with Crippen LogP contribution in [0.4, 0.5) is 8.78 Å². The minimum Gasteiger partial charge on any atom is -0.395 e. The number of fused-ring (bicyclic) bond motifs is 1. The van der Waals surface area contributed by atoms with Crippen LogP contribution >= 0.6 is 0 Å². The summed E-state index contributed by atoms with van der Waals surface area (Å²) in [6.07, 6.45) is -2.22. The largest absolute Gasteiger partial charge is 0.586 e. The zero-order chi connectivity index (χ0) is 22.5. The quantitative estimate of drug-likeness (QED) is 0.588. The lowest BCUT2D eigenvalue weighted by Gasteiger charge is -2.15. The van der Waals surface area contributed by atoms with Crippen molar-refractivity contribution in [2.75, 3.05) is 0 Å². The number of pyridine rings is 1. The molecule has 32 heavy (non-hydrogen) atoms. The molecular weight excluding hydrogens is 416 g/mol. The Hall–Kier alpha value is -3.32. The van der Waals surface area contributed by atoms with Gasteiger partial charge >= 0.3 is 6.29 Å². The van der Waals surface area contributed by atoms with E-state index in [1.807, 2.05) is 43.3 Å². The van der Waals surface area contributed by atoms with E-state index in [0.717, 1.165) is 22.4 Å². The van der Waals surface area contributed by atoms with Gasteiger partial charge in [0.25, 0.3) is 0 Å². The van der Waals surface area contributed by atoms with Crippen molar-refractivity contribution in [1.29, 1.82) is 0 Å². The third kappa shape index (κ3) is 3.62. The topological polar surface area (TPSA) is 68.7 Å². The molecule has 0 spiro atoms. The van der Waals surface area contributed by atoms with Crippen LogP contribution in [0.15, 0.2) is 54.6 Å². The van der Waals surface area contributed by atoms with Gasteiger partial charge in [0, 0.05) is 19.1 Å². The zero-order valence-electron chi connectivity index (χ0n) is 17.4. The number of aliphatic hydroxyl groups is 1. The second-order valence-electron chi connectivity index (χ2n) is 8.33. The van der Waals surface area contributed by atoms with Crippen molar-refractivity contribution in [2.24, 2.45) is 0 Å². The van der Waals surface area contributed by atoms with E-state index in [1.54, 1.807) is 6.07 Å². The predicted molar refractivity (Wildman–Crippen MR) is 115 cm³/mol. The zero-order valence-corrected chi connectivity index (χ0v) is 17.4. The maximum Gasteiger partial charge on any atom is 0.586 e. The first-order chi connectivity index (χ1) is 15.3. The Balaban J connectivity index is 0.00000259. The summed E-state index contributed by atoms with van der Waals surface area (Å²) in [7, 11) is 0. The molecule has 0 bridgehead atoms. The molecule has 2 aliphatic rings. The molecule has 1 saturated carbocycles. The smallest absolute Gasteiger partial charge is 0.395 e. The van der Waals surface area contributed by atoms with E-state index >= 15 is 0 Å². The van der Waals surface area contributed by atoms with Crippen LogP contribution in [-0.2, 0) is 23.2 Å². The van der Waals surface area contributed by atoms with Crippen LogP contribution in [0.5, 0.6) is 11.5 Å². The Kier molecular flexibility index (Phi) is 4.74. The van der Waals surface area contributed by atoms with Gasteiger partial charge in [-0.05, 0) is 54.7 Å². The van der Waals surface area contributed by atoms with Gasteiger partial charge in [0.1, 0.15) is 5.78 Å². The molecule has 2 aromatic carbocycles. The van der Waals surface area contributed by atoms with Crippen LogP contribution in [0.2, 0.25) is 0 Å². The third-order valence-corrected chi connectivity index (χ3v) is 6.14. The summed E-state index contributed by atoms with van der Waals surface area (Å²) >= 11 is 0. The fourth-order valence-electron chi connectivity index (χ4n) is 4.16. The summed E-state index contributed by atoms with van der Waals surface area (Å²) in [6.45, 7) is 1.93. The summed E-state index contributed by atoms with van der Waals surface area (Å²) in [4.78, 5) is 18.0. The highest BCUT2D eigenvalue weighted by Crippen LogP contribution is 2.52. The van der Waals surface area contributed by atoms with E-state index in [2.05, 4.69) is 9.47 Å². The molecule has 3 aromatic rings. The molecule has 0 atom stereocenters. The van der Waals surface area contributed by atoms with Gasteiger partial charge in [-0.2, -0.15) is 0 Å². The number of ketones is 1. The van der Waals surface area contributed by atoms with Gasteiger partial charge in [-0.3, -0.25) is 9.78 Å². The van der Waals surface area contributed by atoms with E-state index in [-0.39, 0.29) is 31.7 Å². The van der Waals surface area contributed by atoms with Crippen LogP contribution in [0.3, 0.4) is 0 Å². The molecular formula is C25H23F2NO4. The number of aryl methyl sites for hydroxylation is 1. The van der Waals surface area contributed by atoms with Crippen molar-refractivity contribution in [3.05, 3.63) is 77.0 Å². The van der Waals surface area contributed by atoms with Gasteiger partial charge in [0.2, 0.25) is 0 Å². The van der Waals surface area contributed by atoms with Crippen molar-refractivity contribution >= 4 is 5.78 Å². The van der Waals surface area contributed by atoms with Crippen molar-refractivity contribution < 1.29 is 29.6 Å². The molecule has 1 fully saturated rings. The number of rotatable bonds is 6. The molecule has 166 valence electrons. The van der Waals surface area contributed by atoms with E-state index < -0.39 is 11.7 Å². The SMILES string of the molecule is Cc1ccc(CC(=O)C2(c3ccc4c(c3)OC(F)(F)O4)CC2)nc1-c1ccc(CO)cc1.[HH]. The Morgan fingerprint density at radius 1 is 1.06 bits per heavy atom. The van der Waals surface area contributed by atoms with Crippen LogP contribution in [0.1, 0.15) is 36.7 Å². The fraction of sp³-hybridized carbons (Fsp3) is 0.280. The van der Waals surface area contributed by atoms with E-state index in [0.29, 0.717) is 24.1 Å². The molecule has 1 aliphatic heterocycles. The lowest BCUT2D eigenvalue weighted by Crippen LogP contribution is -2.26. The Morgan fingerprint density at radius 3 is 2.47 bits per heavy atom. The lowest BCUT2D eigenvalue weighted by molar-refractivity contribution is -0.286. The third-order valence-electron chi connectivity index (χ3n) is 6.14. The maximum absolute atomic E-state index is 13.3. The van der Waals surface area contributed by atoms with Crippen molar-refractivity contribution in [2.45, 2.75) is 44.5 Å². The summed E-state index contributed by atoms with van der Waals surface area (Å²) < 4.78 is 35.7. The molecule has 1 aliphatic carbocycles. The van der Waals surface area contributed by atoms with Crippen LogP contribution < -0.4 is 9.47 Å². The highest BCUT2D eigenvalue weighted by molar-refractivity contribution is 5.94. The van der Waals surface area contributed by atoms with Crippen LogP contribution in [0, 0.1) is 6.92 Å². The molecule has 0 radical (unpaired) electrons. The number of hydrogen-bond acceptors (Lipinski definition) is 5. The van der Waals surface area contributed by atoms with Gasteiger partial charge in [-0.15, -0.1) is 8.78 Å². The van der Waals surface area contributed by atoms with Gasteiger partial charge in [-0.25, -0.2) is 0 Å². The molecule has 0 saturated heterocycles. The van der Waals surface area contributed by atoms with Gasteiger partial charge < -0.3 is 14.6 Å². The first kappa shape index (κ1) is 20.6. The predicted octanol–water partition coefficient (Wildman–Crippen LogP) is 4.96. The number of alkyl halides is 2. The molecule has 5 nitrogen and oxygen atoms in total. The monoisotopic (exact) mass is 439 g/mol. The van der Waals surface area contributed by atoms with Crippen molar-refractivity contribution in [3.63, 3.8) is 0 Å². The number of halogens is 2. The Bertz CT molecular complexity index is 1210. The average molecular weight is 439 g/mol. The number of nitrogens with zero attached hydrogens (tertiary/aromatic N) is 1. The summed E-state index contributed by atoms with van der Waals surface area (Å²) in [6, 6.07) is 15.8. The highest BCUT2D eigenvalue weighted by atomic mass is 19.3. The van der Waals surface area contributed by atoms with Crippen LogP contribution in [-0.4, -0.2) is 22.2 Å². The second kappa shape index (κ2) is 7.38. The normalized spacial score (nSPS) is 17.2. The molecule has 1 N–H and O–H groups in total. The van der Waals surface area contributed by atoms with E-state index in [9.17, 15) is 18.7 Å². The first-order valence-electron chi connectivity index (χ1n) is 10.4. The van der Waals surface area contributed by atoms with E-state index in [4.69, 9.17) is 4.98 Å².